The minimum Gasteiger partial charge on any atom is -0.476 e. The zero-order chi connectivity index (χ0) is 10.8. The molecule has 1 aromatic rings. The molecule has 80 valence electrons. The number of carbonyl (C=O) groups is 1. The highest BCUT2D eigenvalue weighted by molar-refractivity contribution is 5.91. The maximum absolute atomic E-state index is 11.0. The minimum absolute atomic E-state index is 0.0475. The highest BCUT2D eigenvalue weighted by atomic mass is 16.4. The van der Waals surface area contributed by atoms with Crippen molar-refractivity contribution < 1.29 is 9.90 Å². The molecule has 0 bridgehead atoms. The van der Waals surface area contributed by atoms with E-state index in [0.717, 1.165) is 19.4 Å². The number of aromatic carboxylic acids is 1. The summed E-state index contributed by atoms with van der Waals surface area (Å²) in [5.74, 6) is -0.521. The number of hydrogen-bond acceptors (Lipinski definition) is 4. The van der Waals surface area contributed by atoms with Crippen LogP contribution in [0.1, 0.15) is 30.3 Å². The zero-order valence-electron chi connectivity index (χ0n) is 8.55. The number of carboxylic acids is 1. The fourth-order valence-corrected chi connectivity index (χ4v) is 1.66. The van der Waals surface area contributed by atoms with Gasteiger partial charge in [-0.1, -0.05) is 0 Å². The summed E-state index contributed by atoms with van der Waals surface area (Å²) in [6.45, 7) is 2.77. The van der Waals surface area contributed by atoms with Crippen molar-refractivity contribution in [2.24, 2.45) is 0 Å². The number of aromatic nitrogens is 2. The van der Waals surface area contributed by atoms with Gasteiger partial charge in [-0.2, -0.15) is 0 Å². The second-order valence-corrected chi connectivity index (χ2v) is 3.55. The van der Waals surface area contributed by atoms with Crippen molar-refractivity contribution in [2.45, 2.75) is 25.8 Å². The number of nitrogens with zero attached hydrogens (tertiary/aromatic N) is 3. The van der Waals surface area contributed by atoms with Crippen LogP contribution < -0.4 is 4.90 Å². The average Bonchev–Trinajstić information content (AvgIpc) is 3.04. The van der Waals surface area contributed by atoms with Crippen molar-refractivity contribution in [1.82, 2.24) is 9.97 Å². The van der Waals surface area contributed by atoms with E-state index in [9.17, 15) is 4.79 Å². The third-order valence-electron chi connectivity index (χ3n) is 2.48. The Bertz CT molecular complexity index is 377. The van der Waals surface area contributed by atoms with E-state index in [4.69, 9.17) is 5.11 Å². The molecule has 0 spiro atoms. The summed E-state index contributed by atoms with van der Waals surface area (Å²) in [6, 6.07) is 0.449. The summed E-state index contributed by atoms with van der Waals surface area (Å²) in [7, 11) is 0. The Labute approximate surface area is 87.8 Å². The fourth-order valence-electron chi connectivity index (χ4n) is 1.66. The molecule has 0 atom stereocenters. The largest absolute Gasteiger partial charge is 0.476 e. The van der Waals surface area contributed by atoms with E-state index in [1.54, 1.807) is 0 Å². The fraction of sp³-hybridized carbons (Fsp3) is 0.500. The standard InChI is InChI=1S/C10H13N3O2/c1-2-13(7-3-4-7)9-8(10(14)15)11-5-6-12-9/h5-7H,2-4H2,1H3,(H,14,15). The molecule has 1 saturated carbocycles. The first-order chi connectivity index (χ1) is 7.24. The van der Waals surface area contributed by atoms with Crippen LogP contribution in [0, 0.1) is 0 Å². The molecule has 1 N–H and O–H groups in total. The normalized spacial score (nSPS) is 15.0. The van der Waals surface area contributed by atoms with Gasteiger partial charge in [0.05, 0.1) is 0 Å². The first kappa shape index (κ1) is 9.89. The summed E-state index contributed by atoms with van der Waals surface area (Å²) in [6.07, 6.45) is 5.17. The summed E-state index contributed by atoms with van der Waals surface area (Å²) >= 11 is 0. The number of anilines is 1. The van der Waals surface area contributed by atoms with Gasteiger partial charge in [0.1, 0.15) is 0 Å². The Balaban J connectivity index is 2.36. The van der Waals surface area contributed by atoms with E-state index in [-0.39, 0.29) is 5.69 Å². The molecule has 0 amide bonds. The second-order valence-electron chi connectivity index (χ2n) is 3.55. The maximum atomic E-state index is 11.0. The Morgan fingerprint density at radius 1 is 1.53 bits per heavy atom. The Hall–Kier alpha value is -1.65. The number of hydrogen-bond donors (Lipinski definition) is 1. The molecule has 0 unspecified atom stereocenters. The molecule has 1 aromatic heterocycles. The molecule has 5 heteroatoms. The predicted molar refractivity (Wildman–Crippen MR) is 55.0 cm³/mol. The first-order valence-electron chi connectivity index (χ1n) is 5.05. The van der Waals surface area contributed by atoms with Gasteiger partial charge >= 0.3 is 5.97 Å². The first-order valence-corrected chi connectivity index (χ1v) is 5.05. The van der Waals surface area contributed by atoms with Crippen LogP contribution in [0.5, 0.6) is 0 Å². The Kier molecular flexibility index (Phi) is 2.53. The van der Waals surface area contributed by atoms with Gasteiger partial charge in [0.15, 0.2) is 11.5 Å². The summed E-state index contributed by atoms with van der Waals surface area (Å²) in [4.78, 5) is 20.9. The van der Waals surface area contributed by atoms with Crippen molar-refractivity contribution in [3.63, 3.8) is 0 Å². The smallest absolute Gasteiger partial charge is 0.358 e. The quantitative estimate of drug-likeness (QED) is 0.802. The van der Waals surface area contributed by atoms with Crippen molar-refractivity contribution in [1.29, 1.82) is 0 Å². The van der Waals surface area contributed by atoms with Crippen LogP contribution in [0.3, 0.4) is 0 Å². The third-order valence-corrected chi connectivity index (χ3v) is 2.48. The average molecular weight is 207 g/mol. The van der Waals surface area contributed by atoms with Gasteiger partial charge in [0.2, 0.25) is 0 Å². The van der Waals surface area contributed by atoms with Gasteiger partial charge in [-0.3, -0.25) is 0 Å². The molecule has 15 heavy (non-hydrogen) atoms. The zero-order valence-corrected chi connectivity index (χ0v) is 8.55. The highest BCUT2D eigenvalue weighted by Crippen LogP contribution is 2.31. The molecule has 0 aliphatic heterocycles. The van der Waals surface area contributed by atoms with E-state index in [0.29, 0.717) is 11.9 Å². The lowest BCUT2D eigenvalue weighted by Gasteiger charge is -2.21. The third kappa shape index (κ3) is 1.91. The van der Waals surface area contributed by atoms with E-state index in [1.165, 1.54) is 12.4 Å². The summed E-state index contributed by atoms with van der Waals surface area (Å²) in [5, 5.41) is 8.98. The molecule has 0 saturated heterocycles. The lowest BCUT2D eigenvalue weighted by molar-refractivity contribution is 0.0690. The van der Waals surface area contributed by atoms with E-state index < -0.39 is 5.97 Å². The van der Waals surface area contributed by atoms with Crippen LogP contribution in [0.2, 0.25) is 0 Å². The summed E-state index contributed by atoms with van der Waals surface area (Å²) in [5.41, 5.74) is 0.0475. The van der Waals surface area contributed by atoms with E-state index in [1.807, 2.05) is 11.8 Å². The lowest BCUT2D eigenvalue weighted by Crippen LogP contribution is -2.28. The van der Waals surface area contributed by atoms with Crippen molar-refractivity contribution >= 4 is 11.8 Å². The molecule has 1 heterocycles. The van der Waals surface area contributed by atoms with Crippen LogP contribution >= 0.6 is 0 Å². The molecule has 2 rings (SSSR count). The summed E-state index contributed by atoms with van der Waals surface area (Å²) < 4.78 is 0. The van der Waals surface area contributed by atoms with Crippen molar-refractivity contribution in [3.8, 4) is 0 Å². The lowest BCUT2D eigenvalue weighted by atomic mass is 10.3. The molecule has 1 aliphatic carbocycles. The van der Waals surface area contributed by atoms with Gasteiger partial charge in [-0.15, -0.1) is 0 Å². The molecule has 5 nitrogen and oxygen atoms in total. The molecular formula is C10H13N3O2. The number of carboxylic acid groups (broad SMARTS) is 1. The topological polar surface area (TPSA) is 66.3 Å². The van der Waals surface area contributed by atoms with Gasteiger partial charge in [-0.05, 0) is 19.8 Å². The van der Waals surface area contributed by atoms with Crippen LogP contribution in [0.25, 0.3) is 0 Å². The van der Waals surface area contributed by atoms with Crippen molar-refractivity contribution in [2.75, 3.05) is 11.4 Å². The van der Waals surface area contributed by atoms with Crippen molar-refractivity contribution in [3.05, 3.63) is 18.1 Å². The van der Waals surface area contributed by atoms with E-state index in [2.05, 4.69) is 9.97 Å². The second kappa shape index (κ2) is 3.84. The van der Waals surface area contributed by atoms with Crippen LogP contribution in [-0.2, 0) is 0 Å². The SMILES string of the molecule is CCN(c1nccnc1C(=O)O)C1CC1. The molecular weight excluding hydrogens is 194 g/mol. The molecule has 0 aromatic carbocycles. The van der Waals surface area contributed by atoms with Crippen LogP contribution in [0.4, 0.5) is 5.82 Å². The van der Waals surface area contributed by atoms with Crippen LogP contribution in [-0.4, -0.2) is 33.6 Å². The Morgan fingerprint density at radius 3 is 2.73 bits per heavy atom. The van der Waals surface area contributed by atoms with Gasteiger partial charge in [0.25, 0.3) is 0 Å². The van der Waals surface area contributed by atoms with Gasteiger partial charge < -0.3 is 10.0 Å². The van der Waals surface area contributed by atoms with Gasteiger partial charge in [-0.25, -0.2) is 14.8 Å². The maximum Gasteiger partial charge on any atom is 0.358 e. The Morgan fingerprint density at radius 2 is 2.20 bits per heavy atom. The minimum atomic E-state index is -1.02. The highest BCUT2D eigenvalue weighted by Gasteiger charge is 2.31. The van der Waals surface area contributed by atoms with E-state index >= 15 is 0 Å². The molecule has 1 fully saturated rings. The van der Waals surface area contributed by atoms with Crippen LogP contribution in [0.15, 0.2) is 12.4 Å². The molecule has 1 aliphatic rings. The molecule has 0 radical (unpaired) electrons. The van der Waals surface area contributed by atoms with Gasteiger partial charge in [0, 0.05) is 25.0 Å². The monoisotopic (exact) mass is 207 g/mol. The number of rotatable bonds is 4. The predicted octanol–water partition coefficient (Wildman–Crippen LogP) is 1.16.